The van der Waals surface area contributed by atoms with Gasteiger partial charge in [0, 0.05) is 11.3 Å². The summed E-state index contributed by atoms with van der Waals surface area (Å²) >= 11 is 0. The van der Waals surface area contributed by atoms with Gasteiger partial charge in [-0.3, -0.25) is 9.59 Å². The van der Waals surface area contributed by atoms with Gasteiger partial charge in [0.1, 0.15) is 18.1 Å². The predicted molar refractivity (Wildman–Crippen MR) is 133 cm³/mol. The number of carbonyl (C=O) groups excluding carboxylic acids is 2. The average Bonchev–Trinajstić information content (AvgIpc) is 3.19. The number of rotatable bonds is 8. The summed E-state index contributed by atoms with van der Waals surface area (Å²) in [7, 11) is 0. The van der Waals surface area contributed by atoms with Crippen molar-refractivity contribution in [2.45, 2.75) is 33.4 Å². The Hall–Kier alpha value is -4.13. The molecule has 174 valence electrons. The highest BCUT2D eigenvalue weighted by atomic mass is 16.5. The van der Waals surface area contributed by atoms with E-state index in [1.54, 1.807) is 18.2 Å². The van der Waals surface area contributed by atoms with Crippen LogP contribution in [0.1, 0.15) is 41.6 Å². The summed E-state index contributed by atoms with van der Waals surface area (Å²) in [5.74, 6) is 1.00. The number of benzene rings is 3. The van der Waals surface area contributed by atoms with Gasteiger partial charge in [-0.1, -0.05) is 30.3 Å². The van der Waals surface area contributed by atoms with E-state index in [1.807, 2.05) is 79.9 Å². The van der Waals surface area contributed by atoms with Crippen LogP contribution in [-0.4, -0.2) is 28.0 Å². The topological polar surface area (TPSA) is 85.2 Å². The summed E-state index contributed by atoms with van der Waals surface area (Å²) in [5.41, 5.74) is 3.79. The number of nitrogens with one attached hydrogen (secondary N) is 2. The Morgan fingerprint density at radius 3 is 2.44 bits per heavy atom. The Morgan fingerprint density at radius 2 is 1.71 bits per heavy atom. The molecule has 34 heavy (non-hydrogen) atoms. The van der Waals surface area contributed by atoms with E-state index < -0.39 is 6.04 Å². The summed E-state index contributed by atoms with van der Waals surface area (Å²) < 4.78 is 7.30. The molecular weight excluding hydrogens is 428 g/mol. The summed E-state index contributed by atoms with van der Waals surface area (Å²) in [6, 6.07) is 21.9. The Balaban J connectivity index is 1.55. The van der Waals surface area contributed by atoms with Crippen molar-refractivity contribution in [1.82, 2.24) is 14.9 Å². The molecule has 0 aliphatic carbocycles. The van der Waals surface area contributed by atoms with Crippen LogP contribution >= 0.6 is 0 Å². The zero-order valence-corrected chi connectivity index (χ0v) is 19.5. The number of amides is 2. The number of imidazole rings is 1. The number of fused-ring (bicyclic) bond motifs is 1. The van der Waals surface area contributed by atoms with E-state index in [2.05, 4.69) is 10.6 Å². The Labute approximate surface area is 198 Å². The first-order valence-corrected chi connectivity index (χ1v) is 11.3. The summed E-state index contributed by atoms with van der Waals surface area (Å²) in [6.07, 6.45) is 0. The van der Waals surface area contributed by atoms with Crippen molar-refractivity contribution >= 4 is 28.5 Å². The van der Waals surface area contributed by atoms with Gasteiger partial charge in [0.2, 0.25) is 5.91 Å². The lowest BCUT2D eigenvalue weighted by Crippen LogP contribution is -2.30. The van der Waals surface area contributed by atoms with Crippen molar-refractivity contribution in [3.05, 3.63) is 89.7 Å². The third kappa shape index (κ3) is 5.09. The van der Waals surface area contributed by atoms with Crippen LogP contribution in [0.2, 0.25) is 0 Å². The van der Waals surface area contributed by atoms with Crippen LogP contribution in [0.3, 0.4) is 0 Å². The van der Waals surface area contributed by atoms with Crippen molar-refractivity contribution < 1.29 is 14.3 Å². The molecule has 0 radical (unpaired) electrons. The molecule has 4 rings (SSSR count). The number of nitrogens with zero attached hydrogens (tertiary/aromatic N) is 2. The second-order valence-corrected chi connectivity index (χ2v) is 8.06. The van der Waals surface area contributed by atoms with Gasteiger partial charge in [-0.2, -0.15) is 0 Å². The molecular formula is C27H28N4O3. The van der Waals surface area contributed by atoms with Crippen molar-refractivity contribution in [3.8, 4) is 5.75 Å². The molecule has 2 amide bonds. The molecule has 7 heteroatoms. The average molecular weight is 457 g/mol. The lowest BCUT2D eigenvalue weighted by atomic mass is 10.1. The molecule has 1 aromatic heterocycles. The van der Waals surface area contributed by atoms with Crippen LogP contribution in [0.15, 0.2) is 72.8 Å². The van der Waals surface area contributed by atoms with Crippen LogP contribution in [0.25, 0.3) is 11.0 Å². The maximum atomic E-state index is 12.9. The largest absolute Gasteiger partial charge is 0.494 e. The fraction of sp³-hybridized carbons (Fsp3) is 0.222. The highest BCUT2D eigenvalue weighted by Gasteiger charge is 2.21. The number of ether oxygens (including phenoxy) is 1. The van der Waals surface area contributed by atoms with Gasteiger partial charge in [0.05, 0.1) is 23.7 Å². The smallest absolute Gasteiger partial charge is 0.252 e. The zero-order valence-electron chi connectivity index (χ0n) is 19.5. The molecule has 0 aliphatic heterocycles. The second-order valence-electron chi connectivity index (χ2n) is 8.06. The maximum Gasteiger partial charge on any atom is 0.252 e. The van der Waals surface area contributed by atoms with Crippen LogP contribution < -0.4 is 15.4 Å². The first-order chi connectivity index (χ1) is 16.5. The minimum Gasteiger partial charge on any atom is -0.494 e. The third-order valence-electron chi connectivity index (χ3n) is 5.56. The summed E-state index contributed by atoms with van der Waals surface area (Å²) in [4.78, 5) is 30.5. The van der Waals surface area contributed by atoms with E-state index in [0.717, 1.165) is 22.3 Å². The molecule has 4 aromatic rings. The second kappa shape index (κ2) is 10.2. The Bertz CT molecular complexity index is 1310. The first kappa shape index (κ1) is 23.0. The monoisotopic (exact) mass is 456 g/mol. The first-order valence-electron chi connectivity index (χ1n) is 11.3. The summed E-state index contributed by atoms with van der Waals surface area (Å²) in [6.45, 7) is 6.35. The van der Waals surface area contributed by atoms with Gasteiger partial charge < -0.3 is 19.9 Å². The number of aromatic nitrogens is 2. The zero-order chi connectivity index (χ0) is 24.1. The van der Waals surface area contributed by atoms with E-state index in [-0.39, 0.29) is 18.4 Å². The van der Waals surface area contributed by atoms with Crippen LogP contribution in [0.4, 0.5) is 5.69 Å². The fourth-order valence-electron chi connectivity index (χ4n) is 3.90. The van der Waals surface area contributed by atoms with Gasteiger partial charge in [0.25, 0.3) is 5.91 Å². The highest BCUT2D eigenvalue weighted by Crippen LogP contribution is 2.22. The van der Waals surface area contributed by atoms with E-state index in [1.165, 1.54) is 0 Å². The van der Waals surface area contributed by atoms with Crippen molar-refractivity contribution in [2.75, 3.05) is 11.9 Å². The molecule has 0 saturated heterocycles. The molecule has 0 fully saturated rings. The highest BCUT2D eigenvalue weighted by molar-refractivity contribution is 5.96. The number of aryl methyl sites for hydroxylation is 1. The van der Waals surface area contributed by atoms with Crippen molar-refractivity contribution in [1.29, 1.82) is 0 Å². The van der Waals surface area contributed by atoms with Gasteiger partial charge in [0.15, 0.2) is 0 Å². The normalized spacial score (nSPS) is 11.7. The summed E-state index contributed by atoms with van der Waals surface area (Å²) in [5, 5.41) is 5.95. The molecule has 7 nitrogen and oxygen atoms in total. The quantitative estimate of drug-likeness (QED) is 0.396. The van der Waals surface area contributed by atoms with E-state index in [0.29, 0.717) is 23.7 Å². The van der Waals surface area contributed by atoms with E-state index >= 15 is 0 Å². The van der Waals surface area contributed by atoms with Crippen LogP contribution in [0.5, 0.6) is 5.75 Å². The molecule has 0 saturated carbocycles. The maximum absolute atomic E-state index is 12.9. The fourth-order valence-corrected chi connectivity index (χ4v) is 3.90. The molecule has 0 aliphatic rings. The van der Waals surface area contributed by atoms with Crippen molar-refractivity contribution in [3.63, 3.8) is 0 Å². The number of anilines is 1. The molecule has 3 aromatic carbocycles. The predicted octanol–water partition coefficient (Wildman–Crippen LogP) is 4.87. The molecule has 0 bridgehead atoms. The standard InChI is InChI=1S/C27H28N4O3/c1-4-34-21-15-13-20(14-16-21)29-25(32)17-31-24-12-8-7-11-23(24)30-26(31)19(3)28-27(33)22-10-6-5-9-18(22)2/h5-16,19H,4,17H2,1-3H3,(H,28,33)(H,29,32). The van der Waals surface area contributed by atoms with Crippen LogP contribution in [-0.2, 0) is 11.3 Å². The Morgan fingerprint density at radius 1 is 1.00 bits per heavy atom. The van der Waals surface area contributed by atoms with Crippen molar-refractivity contribution in [2.24, 2.45) is 0 Å². The molecule has 1 unspecified atom stereocenters. The third-order valence-corrected chi connectivity index (χ3v) is 5.56. The lowest BCUT2D eigenvalue weighted by molar-refractivity contribution is -0.116. The SMILES string of the molecule is CCOc1ccc(NC(=O)Cn2c(C(C)NC(=O)c3ccccc3C)nc3ccccc32)cc1. The lowest BCUT2D eigenvalue weighted by Gasteiger charge is -2.17. The number of para-hydroxylation sites is 2. The van der Waals surface area contributed by atoms with Gasteiger partial charge in [-0.25, -0.2) is 4.98 Å². The van der Waals surface area contributed by atoms with E-state index in [4.69, 9.17) is 9.72 Å². The van der Waals surface area contributed by atoms with Gasteiger partial charge in [-0.15, -0.1) is 0 Å². The molecule has 1 atom stereocenters. The minimum atomic E-state index is -0.405. The molecule has 0 spiro atoms. The Kier molecular flexibility index (Phi) is 6.92. The minimum absolute atomic E-state index is 0.0631. The van der Waals surface area contributed by atoms with E-state index in [9.17, 15) is 9.59 Å². The van der Waals surface area contributed by atoms with Crippen LogP contribution in [0, 0.1) is 6.92 Å². The number of carbonyl (C=O) groups is 2. The number of hydrogen-bond acceptors (Lipinski definition) is 4. The van der Waals surface area contributed by atoms with Gasteiger partial charge >= 0.3 is 0 Å². The van der Waals surface area contributed by atoms with Gasteiger partial charge in [-0.05, 0) is 68.8 Å². The molecule has 1 heterocycles. The molecule has 2 N–H and O–H groups in total. The number of hydrogen-bond donors (Lipinski definition) is 2.